The van der Waals surface area contributed by atoms with Gasteiger partial charge in [-0.3, -0.25) is 4.90 Å². The Hall–Kier alpha value is -2.08. The number of carboxylic acid groups (broad SMARTS) is 1. The van der Waals surface area contributed by atoms with Crippen molar-refractivity contribution < 1.29 is 19.8 Å². The second kappa shape index (κ2) is 6.58. The van der Waals surface area contributed by atoms with Crippen LogP contribution in [0.3, 0.4) is 0 Å². The number of likely N-dealkylation sites (tertiary alicyclic amines) is 1. The third-order valence-corrected chi connectivity index (χ3v) is 3.93. The summed E-state index contributed by atoms with van der Waals surface area (Å²) in [5.41, 5.74) is 0.498. The first-order chi connectivity index (χ1) is 10.0. The average Bonchev–Trinajstić information content (AvgIpc) is 2.53. The normalized spacial score (nSPS) is 15.8. The number of aliphatic hydroxyl groups is 1. The van der Waals surface area contributed by atoms with E-state index >= 15 is 0 Å². The summed E-state index contributed by atoms with van der Waals surface area (Å²) in [5.74, 6) is -0.796. The van der Waals surface area contributed by atoms with Gasteiger partial charge >= 0.3 is 12.0 Å². The molecule has 0 bridgehead atoms. The number of anilines is 1. The van der Waals surface area contributed by atoms with E-state index in [1.807, 2.05) is 0 Å². The van der Waals surface area contributed by atoms with Crippen LogP contribution < -0.4 is 4.90 Å². The van der Waals surface area contributed by atoms with Crippen LogP contribution in [0.25, 0.3) is 0 Å². The average molecular weight is 292 g/mol. The fourth-order valence-electron chi connectivity index (χ4n) is 2.57. The highest BCUT2D eigenvalue weighted by Crippen LogP contribution is 2.23. The topological polar surface area (TPSA) is 81.1 Å². The van der Waals surface area contributed by atoms with Crippen molar-refractivity contribution in [1.29, 1.82) is 0 Å². The molecule has 0 spiro atoms. The fraction of sp³-hybridized carbons (Fsp3) is 0.467. The highest BCUT2D eigenvalue weighted by atomic mass is 16.4. The van der Waals surface area contributed by atoms with Gasteiger partial charge in [-0.25, -0.2) is 9.59 Å². The highest BCUT2D eigenvalue weighted by Gasteiger charge is 2.26. The van der Waals surface area contributed by atoms with Gasteiger partial charge in [0.05, 0.1) is 11.3 Å². The molecule has 0 saturated carbocycles. The highest BCUT2D eigenvalue weighted by molar-refractivity contribution is 6.01. The van der Waals surface area contributed by atoms with Crippen molar-refractivity contribution in [2.24, 2.45) is 5.92 Å². The third kappa shape index (κ3) is 3.33. The quantitative estimate of drug-likeness (QED) is 0.887. The predicted octanol–water partition coefficient (Wildman–Crippen LogP) is 1.65. The van der Waals surface area contributed by atoms with E-state index in [-0.39, 0.29) is 24.1 Å². The monoisotopic (exact) mass is 292 g/mol. The number of hydrogen-bond acceptors (Lipinski definition) is 3. The second-order valence-electron chi connectivity index (χ2n) is 5.28. The van der Waals surface area contributed by atoms with Gasteiger partial charge in [-0.1, -0.05) is 12.1 Å². The van der Waals surface area contributed by atoms with Gasteiger partial charge in [0.2, 0.25) is 0 Å². The number of amides is 2. The molecule has 2 rings (SSSR count). The molecule has 0 unspecified atom stereocenters. The molecular formula is C15H20N2O4. The van der Waals surface area contributed by atoms with Crippen molar-refractivity contribution in [2.45, 2.75) is 12.8 Å². The maximum atomic E-state index is 12.5. The molecule has 0 atom stereocenters. The Balaban J connectivity index is 2.11. The van der Waals surface area contributed by atoms with E-state index in [4.69, 9.17) is 5.11 Å². The lowest BCUT2D eigenvalue weighted by Crippen LogP contribution is -2.46. The lowest BCUT2D eigenvalue weighted by molar-refractivity contribution is 0.0697. The molecule has 2 amide bonds. The molecule has 0 aromatic heterocycles. The fourth-order valence-corrected chi connectivity index (χ4v) is 2.57. The van der Waals surface area contributed by atoms with Crippen molar-refractivity contribution in [3.63, 3.8) is 0 Å². The Morgan fingerprint density at radius 3 is 2.48 bits per heavy atom. The molecule has 0 aliphatic carbocycles. The second-order valence-corrected chi connectivity index (χ2v) is 5.28. The van der Waals surface area contributed by atoms with Gasteiger partial charge in [-0.2, -0.15) is 0 Å². The number of hydrogen-bond donors (Lipinski definition) is 2. The van der Waals surface area contributed by atoms with Gasteiger partial charge in [0.1, 0.15) is 0 Å². The molecule has 0 radical (unpaired) electrons. The number of aromatic carboxylic acids is 1. The zero-order chi connectivity index (χ0) is 15.4. The van der Waals surface area contributed by atoms with E-state index in [1.165, 1.54) is 11.0 Å². The summed E-state index contributed by atoms with van der Waals surface area (Å²) in [6.45, 7) is 1.33. The van der Waals surface area contributed by atoms with Crippen LogP contribution in [0.15, 0.2) is 24.3 Å². The maximum absolute atomic E-state index is 12.5. The minimum absolute atomic E-state index is 0.110. The van der Waals surface area contributed by atoms with Crippen LogP contribution in [0.2, 0.25) is 0 Å². The first-order valence-corrected chi connectivity index (χ1v) is 7.00. The van der Waals surface area contributed by atoms with Gasteiger partial charge in [0.25, 0.3) is 0 Å². The number of carboxylic acids is 1. The number of piperidine rings is 1. The molecule has 1 aliphatic rings. The van der Waals surface area contributed by atoms with E-state index in [1.54, 1.807) is 30.1 Å². The minimum Gasteiger partial charge on any atom is -0.478 e. The predicted molar refractivity (Wildman–Crippen MR) is 78.6 cm³/mol. The number of rotatable bonds is 3. The van der Waals surface area contributed by atoms with Crippen LogP contribution in [-0.2, 0) is 0 Å². The van der Waals surface area contributed by atoms with Crippen LogP contribution >= 0.6 is 0 Å². The van der Waals surface area contributed by atoms with Crippen LogP contribution in [0, 0.1) is 5.92 Å². The number of carbonyl (C=O) groups excluding carboxylic acids is 1. The minimum atomic E-state index is -1.05. The number of urea groups is 1. The molecule has 2 N–H and O–H groups in total. The van der Waals surface area contributed by atoms with E-state index < -0.39 is 5.97 Å². The molecular weight excluding hydrogens is 272 g/mol. The van der Waals surface area contributed by atoms with E-state index in [0.29, 0.717) is 18.8 Å². The molecule has 6 heteroatoms. The summed E-state index contributed by atoms with van der Waals surface area (Å²) in [6, 6.07) is 6.25. The number of para-hydroxylation sites is 1. The summed E-state index contributed by atoms with van der Waals surface area (Å²) in [6.07, 6.45) is 1.55. The lowest BCUT2D eigenvalue weighted by atomic mass is 9.98. The molecule has 6 nitrogen and oxygen atoms in total. The van der Waals surface area contributed by atoms with Crippen LogP contribution in [0.5, 0.6) is 0 Å². The largest absolute Gasteiger partial charge is 0.478 e. The Bertz CT molecular complexity index is 524. The number of carbonyl (C=O) groups is 2. The first kappa shape index (κ1) is 15.3. The summed E-state index contributed by atoms with van der Waals surface area (Å²) in [4.78, 5) is 26.8. The molecule has 1 aliphatic heterocycles. The van der Waals surface area contributed by atoms with E-state index in [9.17, 15) is 14.7 Å². The first-order valence-electron chi connectivity index (χ1n) is 7.00. The smallest absolute Gasteiger partial charge is 0.337 e. The van der Waals surface area contributed by atoms with Gasteiger partial charge < -0.3 is 15.1 Å². The Kier molecular flexibility index (Phi) is 4.80. The third-order valence-electron chi connectivity index (χ3n) is 3.93. The lowest BCUT2D eigenvalue weighted by Gasteiger charge is -2.34. The van der Waals surface area contributed by atoms with Crippen molar-refractivity contribution >= 4 is 17.7 Å². The summed E-state index contributed by atoms with van der Waals surface area (Å²) < 4.78 is 0. The Morgan fingerprint density at radius 2 is 1.90 bits per heavy atom. The van der Waals surface area contributed by atoms with E-state index in [0.717, 1.165) is 12.8 Å². The van der Waals surface area contributed by atoms with Crippen LogP contribution in [-0.4, -0.2) is 53.9 Å². The summed E-state index contributed by atoms with van der Waals surface area (Å²) in [7, 11) is 1.59. The summed E-state index contributed by atoms with van der Waals surface area (Å²) in [5, 5.41) is 18.3. The molecule has 1 aromatic rings. The number of benzene rings is 1. The number of aliphatic hydroxyl groups excluding tert-OH is 1. The zero-order valence-corrected chi connectivity index (χ0v) is 12.0. The van der Waals surface area contributed by atoms with E-state index in [2.05, 4.69) is 0 Å². The maximum Gasteiger partial charge on any atom is 0.337 e. The van der Waals surface area contributed by atoms with Gasteiger partial charge in [-0.05, 0) is 30.9 Å². The standard InChI is InChI=1S/C15H20N2O4/c1-16(13-5-3-2-4-12(13)14(19)20)15(21)17-8-6-11(10-18)7-9-17/h2-5,11,18H,6-10H2,1H3,(H,19,20). The SMILES string of the molecule is CN(C(=O)N1CCC(CO)CC1)c1ccccc1C(=O)O. The van der Waals surface area contributed by atoms with Crippen molar-refractivity contribution in [3.8, 4) is 0 Å². The van der Waals surface area contributed by atoms with Crippen molar-refractivity contribution in [2.75, 3.05) is 31.6 Å². The molecule has 114 valence electrons. The summed E-state index contributed by atoms with van der Waals surface area (Å²) >= 11 is 0. The Morgan fingerprint density at radius 1 is 1.29 bits per heavy atom. The number of nitrogens with zero attached hydrogens (tertiary/aromatic N) is 2. The van der Waals surface area contributed by atoms with Crippen molar-refractivity contribution in [1.82, 2.24) is 4.90 Å². The van der Waals surface area contributed by atoms with Crippen LogP contribution in [0.4, 0.5) is 10.5 Å². The van der Waals surface area contributed by atoms with Gasteiger partial charge in [0.15, 0.2) is 0 Å². The molecule has 1 aromatic carbocycles. The molecule has 1 heterocycles. The van der Waals surface area contributed by atoms with Crippen LogP contribution in [0.1, 0.15) is 23.2 Å². The van der Waals surface area contributed by atoms with Gasteiger partial charge in [0, 0.05) is 26.7 Å². The van der Waals surface area contributed by atoms with Gasteiger partial charge in [-0.15, -0.1) is 0 Å². The molecule has 21 heavy (non-hydrogen) atoms. The zero-order valence-electron chi connectivity index (χ0n) is 12.0. The Labute approximate surface area is 123 Å². The van der Waals surface area contributed by atoms with Crippen molar-refractivity contribution in [3.05, 3.63) is 29.8 Å². The molecule has 1 saturated heterocycles. The molecule has 1 fully saturated rings.